The van der Waals surface area contributed by atoms with Crippen molar-refractivity contribution in [3.05, 3.63) is 57.7 Å². The fourth-order valence-electron chi connectivity index (χ4n) is 3.64. The summed E-state index contributed by atoms with van der Waals surface area (Å²) in [7, 11) is 1.46. The molecule has 2 aromatic heterocycles. The molecule has 5 atom stereocenters. The van der Waals surface area contributed by atoms with Gasteiger partial charge in [0.15, 0.2) is 5.69 Å². The number of halogens is 3. The number of rotatable bonds is 6. The molecule has 0 spiro atoms. The van der Waals surface area contributed by atoms with Crippen molar-refractivity contribution in [1.29, 1.82) is 5.26 Å². The Morgan fingerprint density at radius 1 is 1.41 bits per heavy atom. The number of benzene rings is 1. The number of nitrogens with zero attached hydrogens (tertiary/aromatic N) is 5. The fourth-order valence-corrected chi connectivity index (χ4v) is 5.50. The van der Waals surface area contributed by atoms with Gasteiger partial charge in [-0.2, -0.15) is 5.26 Å². The van der Waals surface area contributed by atoms with Crippen LogP contribution in [0.5, 0.6) is 0 Å². The van der Waals surface area contributed by atoms with Crippen LogP contribution < -0.4 is 0 Å². The van der Waals surface area contributed by atoms with Crippen LogP contribution in [0.4, 0.5) is 4.39 Å². The van der Waals surface area contributed by atoms with Gasteiger partial charge in [-0.05, 0) is 34.1 Å². The molecule has 34 heavy (non-hydrogen) atoms. The molecule has 3 aromatic rings. The molecule has 4 rings (SSSR count). The normalized spacial score (nSPS) is 24.7. The number of hydrogen-bond donors (Lipinski definition) is 2. The van der Waals surface area contributed by atoms with Gasteiger partial charge in [-0.1, -0.05) is 34.6 Å². The molecule has 1 aliphatic heterocycles. The Hall–Kier alpha value is -2.11. The Morgan fingerprint density at radius 2 is 2.21 bits per heavy atom. The van der Waals surface area contributed by atoms with Crippen LogP contribution in [0.15, 0.2) is 46.0 Å². The van der Waals surface area contributed by atoms with Crippen LogP contribution in [0, 0.1) is 17.1 Å². The number of ether oxygens (including phenoxy) is 2. The first-order valence-corrected chi connectivity index (χ1v) is 12.0. The standard InChI is InChI=1S/C21H18BrClFN5O4S/c1-32-20-18(29-8-15(27-28-29)10-2-3-12(23)13(24)4-10)19(31)16(9-30)33-21(20)34-17-5-11(22)7-26-14(17)6-25/h2-5,7-8,16,18-21,30-31H,9H2,1H3. The summed E-state index contributed by atoms with van der Waals surface area (Å²) in [6, 6.07) is 7.21. The van der Waals surface area contributed by atoms with E-state index in [-0.39, 0.29) is 10.7 Å². The van der Waals surface area contributed by atoms with Crippen molar-refractivity contribution in [2.45, 2.75) is 34.7 Å². The highest BCUT2D eigenvalue weighted by Gasteiger charge is 2.47. The maximum atomic E-state index is 13.9. The quantitative estimate of drug-likeness (QED) is 0.459. The molecule has 1 fully saturated rings. The molecule has 1 saturated heterocycles. The van der Waals surface area contributed by atoms with E-state index in [4.69, 9.17) is 21.1 Å². The third kappa shape index (κ3) is 4.96. The van der Waals surface area contributed by atoms with Crippen molar-refractivity contribution in [1.82, 2.24) is 20.0 Å². The molecule has 0 radical (unpaired) electrons. The highest BCUT2D eigenvalue weighted by atomic mass is 79.9. The second-order valence-corrected chi connectivity index (χ2v) is 9.81. The summed E-state index contributed by atoms with van der Waals surface area (Å²) < 4.78 is 27.6. The van der Waals surface area contributed by atoms with Crippen molar-refractivity contribution >= 4 is 39.3 Å². The smallest absolute Gasteiger partial charge is 0.154 e. The molecule has 0 aliphatic carbocycles. The number of nitriles is 1. The maximum Gasteiger partial charge on any atom is 0.154 e. The van der Waals surface area contributed by atoms with Gasteiger partial charge in [-0.25, -0.2) is 14.1 Å². The number of pyridine rings is 1. The average Bonchev–Trinajstić information content (AvgIpc) is 3.31. The van der Waals surface area contributed by atoms with Crippen LogP contribution in [0.3, 0.4) is 0 Å². The summed E-state index contributed by atoms with van der Waals surface area (Å²) >= 11 is 10.3. The average molecular weight is 571 g/mol. The Labute approximate surface area is 211 Å². The Bertz CT molecular complexity index is 1230. The molecule has 3 heterocycles. The second-order valence-electron chi connectivity index (χ2n) is 7.35. The summed E-state index contributed by atoms with van der Waals surface area (Å²) in [6.45, 7) is -0.461. The van der Waals surface area contributed by atoms with E-state index < -0.39 is 42.2 Å². The molecule has 9 nitrogen and oxygen atoms in total. The molecule has 1 aromatic carbocycles. The third-order valence-electron chi connectivity index (χ3n) is 5.30. The van der Waals surface area contributed by atoms with Gasteiger partial charge in [0.2, 0.25) is 0 Å². The predicted molar refractivity (Wildman–Crippen MR) is 125 cm³/mol. The topological polar surface area (TPSA) is 126 Å². The van der Waals surface area contributed by atoms with Crippen molar-refractivity contribution in [2.24, 2.45) is 0 Å². The monoisotopic (exact) mass is 569 g/mol. The van der Waals surface area contributed by atoms with E-state index in [0.29, 0.717) is 20.6 Å². The molecular formula is C21H18BrClFN5O4S. The first-order chi connectivity index (χ1) is 16.4. The first kappa shape index (κ1) is 25.0. The summed E-state index contributed by atoms with van der Waals surface area (Å²) in [5.41, 5.74) is 0.269. The zero-order valence-electron chi connectivity index (χ0n) is 17.5. The Balaban J connectivity index is 1.68. The van der Waals surface area contributed by atoms with Gasteiger partial charge in [0, 0.05) is 28.2 Å². The summed E-state index contributed by atoms with van der Waals surface area (Å²) in [5.74, 6) is -0.595. The lowest BCUT2D eigenvalue weighted by Gasteiger charge is -2.43. The molecule has 5 unspecified atom stereocenters. The highest BCUT2D eigenvalue weighted by Crippen LogP contribution is 2.40. The molecule has 178 valence electrons. The largest absolute Gasteiger partial charge is 0.394 e. The summed E-state index contributed by atoms with van der Waals surface area (Å²) in [4.78, 5) is 4.64. The van der Waals surface area contributed by atoms with Crippen LogP contribution >= 0.6 is 39.3 Å². The van der Waals surface area contributed by atoms with Crippen LogP contribution in [0.2, 0.25) is 5.02 Å². The van der Waals surface area contributed by atoms with Crippen molar-refractivity contribution in [3.63, 3.8) is 0 Å². The molecular weight excluding hydrogens is 553 g/mol. The van der Waals surface area contributed by atoms with E-state index in [9.17, 15) is 19.9 Å². The minimum Gasteiger partial charge on any atom is -0.394 e. The zero-order valence-corrected chi connectivity index (χ0v) is 20.7. The van der Waals surface area contributed by atoms with Gasteiger partial charge in [0.05, 0.1) is 17.8 Å². The predicted octanol–water partition coefficient (Wildman–Crippen LogP) is 3.19. The maximum absolute atomic E-state index is 13.9. The number of thioether (sulfide) groups is 1. The van der Waals surface area contributed by atoms with E-state index in [1.165, 1.54) is 41.9 Å². The van der Waals surface area contributed by atoms with E-state index in [2.05, 4.69) is 31.2 Å². The highest BCUT2D eigenvalue weighted by molar-refractivity contribution is 9.10. The number of hydrogen-bond acceptors (Lipinski definition) is 9. The first-order valence-electron chi connectivity index (χ1n) is 9.93. The van der Waals surface area contributed by atoms with Crippen LogP contribution in [0.1, 0.15) is 11.7 Å². The Kier molecular flexibility index (Phi) is 7.83. The molecule has 13 heteroatoms. The van der Waals surface area contributed by atoms with Gasteiger partial charge in [0.25, 0.3) is 0 Å². The molecule has 1 aliphatic rings. The zero-order chi connectivity index (χ0) is 24.4. The van der Waals surface area contributed by atoms with Gasteiger partial charge >= 0.3 is 0 Å². The van der Waals surface area contributed by atoms with Crippen LogP contribution in [0.25, 0.3) is 11.3 Å². The molecule has 2 N–H and O–H groups in total. The van der Waals surface area contributed by atoms with E-state index >= 15 is 0 Å². The van der Waals surface area contributed by atoms with E-state index in [0.717, 1.165) is 0 Å². The summed E-state index contributed by atoms with van der Waals surface area (Å²) in [5, 5.41) is 38.5. The summed E-state index contributed by atoms with van der Waals surface area (Å²) in [6.07, 6.45) is 0.146. The van der Waals surface area contributed by atoms with Crippen LogP contribution in [-0.2, 0) is 9.47 Å². The third-order valence-corrected chi connectivity index (χ3v) is 7.21. The van der Waals surface area contributed by atoms with Crippen molar-refractivity contribution in [3.8, 4) is 17.3 Å². The minimum absolute atomic E-state index is 0.0140. The van der Waals surface area contributed by atoms with Gasteiger partial charge in [0.1, 0.15) is 47.4 Å². The SMILES string of the molecule is COC1C(Sc2cc(Br)cnc2C#N)OC(CO)C(O)C1n1cc(-c2ccc(Cl)c(F)c2)nn1. The lowest BCUT2D eigenvalue weighted by atomic mass is 9.97. The second kappa shape index (κ2) is 10.7. The number of methoxy groups -OCH3 is 1. The van der Waals surface area contributed by atoms with E-state index in [1.807, 2.05) is 6.07 Å². The molecule has 0 saturated carbocycles. The lowest BCUT2D eigenvalue weighted by Crippen LogP contribution is -2.55. The number of aliphatic hydroxyl groups is 2. The van der Waals surface area contributed by atoms with Gasteiger partial charge in [-0.3, -0.25) is 0 Å². The molecule has 0 bridgehead atoms. The lowest BCUT2D eigenvalue weighted by molar-refractivity contribution is -0.186. The van der Waals surface area contributed by atoms with Crippen molar-refractivity contribution < 1.29 is 24.1 Å². The van der Waals surface area contributed by atoms with Crippen LogP contribution in [-0.4, -0.2) is 67.7 Å². The Morgan fingerprint density at radius 3 is 2.88 bits per heavy atom. The van der Waals surface area contributed by atoms with Gasteiger partial charge < -0.3 is 19.7 Å². The van der Waals surface area contributed by atoms with Crippen molar-refractivity contribution in [2.75, 3.05) is 13.7 Å². The number of aromatic nitrogens is 4. The molecule has 0 amide bonds. The fraction of sp³-hybridized carbons (Fsp3) is 0.333. The minimum atomic E-state index is -1.20. The number of aliphatic hydroxyl groups excluding tert-OH is 2. The van der Waals surface area contributed by atoms with Gasteiger partial charge in [-0.15, -0.1) is 5.10 Å². The van der Waals surface area contributed by atoms with E-state index in [1.54, 1.807) is 18.3 Å².